The van der Waals surface area contributed by atoms with Crippen molar-refractivity contribution in [2.24, 2.45) is 0 Å². The van der Waals surface area contributed by atoms with E-state index in [1.54, 1.807) is 6.07 Å². The first kappa shape index (κ1) is 12.0. The molecule has 1 atom stereocenters. The number of aliphatic hydroxyl groups excluding tert-OH is 1. The fourth-order valence-electron chi connectivity index (χ4n) is 1.38. The number of aliphatic hydroxyl groups is 1. The highest BCUT2D eigenvalue weighted by molar-refractivity contribution is 6.29. The summed E-state index contributed by atoms with van der Waals surface area (Å²) in [4.78, 5) is 7.92. The molecule has 2 rings (SSSR count). The Morgan fingerprint density at radius 1 is 1.65 bits per heavy atom. The molecule has 92 valence electrons. The Bertz CT molecular complexity index is 503. The molecule has 0 saturated heterocycles. The van der Waals surface area contributed by atoms with E-state index in [9.17, 15) is 5.11 Å². The zero-order chi connectivity index (χ0) is 12.3. The van der Waals surface area contributed by atoms with Gasteiger partial charge in [-0.3, -0.25) is 0 Å². The van der Waals surface area contributed by atoms with Gasteiger partial charge in [0.2, 0.25) is 0 Å². The summed E-state index contributed by atoms with van der Waals surface area (Å²) in [6, 6.07) is 1.61. The molecule has 0 amide bonds. The van der Waals surface area contributed by atoms with E-state index in [4.69, 9.17) is 16.3 Å². The Morgan fingerprint density at radius 2 is 2.47 bits per heavy atom. The van der Waals surface area contributed by atoms with Crippen molar-refractivity contribution in [2.45, 2.75) is 6.10 Å². The van der Waals surface area contributed by atoms with Crippen molar-refractivity contribution in [1.29, 1.82) is 0 Å². The highest BCUT2D eigenvalue weighted by Crippen LogP contribution is 2.14. The van der Waals surface area contributed by atoms with E-state index in [1.165, 1.54) is 18.0 Å². The molecule has 2 aromatic rings. The van der Waals surface area contributed by atoms with Gasteiger partial charge in [0.15, 0.2) is 0 Å². The lowest BCUT2D eigenvalue weighted by Crippen LogP contribution is -2.25. The SMILES string of the molecule is COCC(O)CNc1cc(Cl)nc2ncnn12. The number of ether oxygens (including phenoxy) is 1. The molecule has 0 fully saturated rings. The van der Waals surface area contributed by atoms with Crippen LogP contribution in [0.1, 0.15) is 0 Å². The Morgan fingerprint density at radius 3 is 3.24 bits per heavy atom. The lowest BCUT2D eigenvalue weighted by Gasteiger charge is -2.12. The molecular formula is C9H12ClN5O2. The molecule has 7 nitrogen and oxygen atoms in total. The quantitative estimate of drug-likeness (QED) is 0.745. The fraction of sp³-hybridized carbons (Fsp3) is 0.444. The molecular weight excluding hydrogens is 246 g/mol. The van der Waals surface area contributed by atoms with Crippen LogP contribution in [0.15, 0.2) is 12.4 Å². The molecule has 1 unspecified atom stereocenters. The molecule has 0 saturated carbocycles. The van der Waals surface area contributed by atoms with E-state index in [0.717, 1.165) is 0 Å². The lowest BCUT2D eigenvalue weighted by atomic mass is 10.4. The molecule has 0 bridgehead atoms. The third kappa shape index (κ3) is 2.82. The maximum Gasteiger partial charge on any atom is 0.255 e. The monoisotopic (exact) mass is 257 g/mol. The number of hydrogen-bond donors (Lipinski definition) is 2. The zero-order valence-electron chi connectivity index (χ0n) is 9.17. The van der Waals surface area contributed by atoms with Crippen LogP contribution >= 0.6 is 11.6 Å². The van der Waals surface area contributed by atoms with Gasteiger partial charge in [0, 0.05) is 19.7 Å². The average molecular weight is 258 g/mol. The van der Waals surface area contributed by atoms with Gasteiger partial charge in [-0.15, -0.1) is 0 Å². The normalized spacial score (nSPS) is 12.9. The Labute approximate surface area is 102 Å². The van der Waals surface area contributed by atoms with E-state index in [0.29, 0.717) is 23.3 Å². The molecule has 17 heavy (non-hydrogen) atoms. The number of rotatable bonds is 5. The molecule has 2 N–H and O–H groups in total. The second-order valence-corrected chi connectivity index (χ2v) is 3.81. The average Bonchev–Trinajstić information content (AvgIpc) is 2.74. The molecule has 2 aromatic heterocycles. The number of aromatic nitrogens is 4. The first-order valence-corrected chi connectivity index (χ1v) is 5.35. The van der Waals surface area contributed by atoms with Gasteiger partial charge in [-0.25, -0.2) is 0 Å². The maximum absolute atomic E-state index is 9.52. The van der Waals surface area contributed by atoms with Gasteiger partial charge >= 0.3 is 0 Å². The van der Waals surface area contributed by atoms with Gasteiger partial charge in [-0.05, 0) is 0 Å². The van der Waals surface area contributed by atoms with Gasteiger partial charge < -0.3 is 15.2 Å². The highest BCUT2D eigenvalue weighted by Gasteiger charge is 2.08. The van der Waals surface area contributed by atoms with Crippen LogP contribution in [-0.4, -0.2) is 51.1 Å². The summed E-state index contributed by atoms with van der Waals surface area (Å²) in [6.07, 6.45) is 0.778. The number of hydrogen-bond acceptors (Lipinski definition) is 6. The molecule has 0 aliphatic rings. The summed E-state index contributed by atoms with van der Waals surface area (Å²) >= 11 is 5.84. The minimum atomic E-state index is -0.606. The summed E-state index contributed by atoms with van der Waals surface area (Å²) in [5, 5.41) is 16.8. The standard InChI is InChI=1S/C9H12ClN5O2/c1-17-4-6(16)3-11-8-2-7(10)14-9-12-5-13-15(8)9/h2,5-6,11,16H,3-4H2,1H3. The van der Waals surface area contributed by atoms with Gasteiger partial charge in [-0.2, -0.15) is 19.6 Å². The van der Waals surface area contributed by atoms with Crippen molar-refractivity contribution in [1.82, 2.24) is 19.6 Å². The maximum atomic E-state index is 9.52. The number of nitrogens with zero attached hydrogens (tertiary/aromatic N) is 4. The van der Waals surface area contributed by atoms with Crippen molar-refractivity contribution in [3.63, 3.8) is 0 Å². The Balaban J connectivity index is 2.14. The Hall–Kier alpha value is -1.44. The summed E-state index contributed by atoms with van der Waals surface area (Å²) in [7, 11) is 1.53. The van der Waals surface area contributed by atoms with Crippen molar-refractivity contribution in [3.8, 4) is 0 Å². The molecule has 0 aromatic carbocycles. The molecule has 0 radical (unpaired) electrons. The van der Waals surface area contributed by atoms with Gasteiger partial charge in [0.1, 0.15) is 17.3 Å². The smallest absolute Gasteiger partial charge is 0.255 e. The predicted octanol–water partition coefficient (Wildman–Crippen LogP) is 0.197. The first-order chi connectivity index (χ1) is 8.20. The predicted molar refractivity (Wildman–Crippen MR) is 62.2 cm³/mol. The number of halogens is 1. The largest absolute Gasteiger partial charge is 0.389 e. The second-order valence-electron chi connectivity index (χ2n) is 3.43. The summed E-state index contributed by atoms with van der Waals surface area (Å²) in [5.41, 5.74) is 0. The lowest BCUT2D eigenvalue weighted by molar-refractivity contribution is 0.0727. The number of nitrogens with one attached hydrogen (secondary N) is 1. The van der Waals surface area contributed by atoms with E-state index < -0.39 is 6.10 Å². The number of methoxy groups -OCH3 is 1. The van der Waals surface area contributed by atoms with Crippen LogP contribution in [0.3, 0.4) is 0 Å². The number of fused-ring (bicyclic) bond motifs is 1. The first-order valence-electron chi connectivity index (χ1n) is 4.98. The van der Waals surface area contributed by atoms with E-state index in [-0.39, 0.29) is 6.61 Å². The molecule has 0 spiro atoms. The fourth-order valence-corrected chi connectivity index (χ4v) is 1.56. The molecule has 0 aliphatic carbocycles. The van der Waals surface area contributed by atoms with Crippen molar-refractivity contribution < 1.29 is 9.84 Å². The van der Waals surface area contributed by atoms with Crippen LogP contribution in [-0.2, 0) is 4.74 Å². The van der Waals surface area contributed by atoms with Crippen molar-refractivity contribution >= 4 is 23.2 Å². The topological polar surface area (TPSA) is 84.6 Å². The van der Waals surface area contributed by atoms with Crippen LogP contribution in [0.5, 0.6) is 0 Å². The molecule has 8 heteroatoms. The third-order valence-corrected chi connectivity index (χ3v) is 2.29. The third-order valence-electron chi connectivity index (χ3n) is 2.10. The van der Waals surface area contributed by atoms with Gasteiger partial charge in [0.25, 0.3) is 5.78 Å². The minimum absolute atomic E-state index is 0.256. The van der Waals surface area contributed by atoms with Crippen LogP contribution < -0.4 is 5.32 Å². The summed E-state index contributed by atoms with van der Waals surface area (Å²) in [5.74, 6) is 1.02. The molecule has 0 aliphatic heterocycles. The molecule has 2 heterocycles. The van der Waals surface area contributed by atoms with Crippen LogP contribution in [0, 0.1) is 0 Å². The van der Waals surface area contributed by atoms with Crippen LogP contribution in [0.2, 0.25) is 5.15 Å². The second kappa shape index (κ2) is 5.26. The van der Waals surface area contributed by atoms with Crippen molar-refractivity contribution in [3.05, 3.63) is 17.5 Å². The minimum Gasteiger partial charge on any atom is -0.389 e. The highest BCUT2D eigenvalue weighted by atomic mass is 35.5. The van der Waals surface area contributed by atoms with E-state index >= 15 is 0 Å². The number of anilines is 1. The zero-order valence-corrected chi connectivity index (χ0v) is 9.92. The summed E-state index contributed by atoms with van der Waals surface area (Å²) in [6.45, 7) is 0.579. The van der Waals surface area contributed by atoms with Crippen LogP contribution in [0.25, 0.3) is 5.78 Å². The van der Waals surface area contributed by atoms with Crippen LogP contribution in [0.4, 0.5) is 5.82 Å². The van der Waals surface area contributed by atoms with Gasteiger partial charge in [0.05, 0.1) is 12.7 Å². The van der Waals surface area contributed by atoms with E-state index in [1.807, 2.05) is 0 Å². The summed E-state index contributed by atoms with van der Waals surface area (Å²) < 4.78 is 6.33. The van der Waals surface area contributed by atoms with Crippen molar-refractivity contribution in [2.75, 3.05) is 25.6 Å². The van der Waals surface area contributed by atoms with Gasteiger partial charge in [-0.1, -0.05) is 11.6 Å². The Kier molecular flexibility index (Phi) is 3.72. The van der Waals surface area contributed by atoms with E-state index in [2.05, 4.69) is 20.4 Å².